The molecular formula is C9H8ClNO3. The van der Waals surface area contributed by atoms with Gasteiger partial charge in [-0.1, -0.05) is 17.7 Å². The van der Waals surface area contributed by atoms with Crippen LogP contribution in [0, 0.1) is 0 Å². The van der Waals surface area contributed by atoms with Gasteiger partial charge < -0.3 is 15.2 Å². The van der Waals surface area contributed by atoms with Gasteiger partial charge in [-0.3, -0.25) is 4.79 Å². The molecule has 0 saturated heterocycles. The van der Waals surface area contributed by atoms with E-state index in [9.17, 15) is 4.79 Å². The highest BCUT2D eigenvalue weighted by Crippen LogP contribution is 2.36. The Morgan fingerprint density at radius 3 is 3.07 bits per heavy atom. The minimum absolute atomic E-state index is 0.00179. The number of anilines is 1. The highest BCUT2D eigenvalue weighted by Gasteiger charge is 2.20. The molecule has 0 aliphatic carbocycles. The van der Waals surface area contributed by atoms with Crippen LogP contribution in [0.5, 0.6) is 5.75 Å². The van der Waals surface area contributed by atoms with Crippen LogP contribution in [-0.2, 0) is 11.4 Å². The summed E-state index contributed by atoms with van der Waals surface area (Å²) in [6, 6.07) is 3.34. The number of carbonyl (C=O) groups excluding carboxylic acids is 1. The molecule has 14 heavy (non-hydrogen) atoms. The quantitative estimate of drug-likeness (QED) is 0.736. The second kappa shape index (κ2) is 3.48. The van der Waals surface area contributed by atoms with Crippen molar-refractivity contribution >= 4 is 23.2 Å². The fraction of sp³-hybridized carbons (Fsp3) is 0.222. The first-order valence-corrected chi connectivity index (χ1v) is 4.45. The molecule has 1 heterocycles. The first kappa shape index (κ1) is 9.30. The topological polar surface area (TPSA) is 58.6 Å². The van der Waals surface area contributed by atoms with Crippen molar-refractivity contribution in [2.24, 2.45) is 0 Å². The van der Waals surface area contributed by atoms with Gasteiger partial charge in [0.25, 0.3) is 5.91 Å². The SMILES string of the molecule is O=C1COc2ccc(CO)c(Cl)c2N1. The largest absolute Gasteiger partial charge is 0.482 e. The van der Waals surface area contributed by atoms with Gasteiger partial charge >= 0.3 is 0 Å². The summed E-state index contributed by atoms with van der Waals surface area (Å²) in [4.78, 5) is 11.0. The average Bonchev–Trinajstić information content (AvgIpc) is 2.20. The van der Waals surface area contributed by atoms with Crippen molar-refractivity contribution in [3.05, 3.63) is 22.7 Å². The van der Waals surface area contributed by atoms with Gasteiger partial charge in [-0.2, -0.15) is 0 Å². The van der Waals surface area contributed by atoms with Crippen LogP contribution in [0.25, 0.3) is 0 Å². The van der Waals surface area contributed by atoms with Crippen LogP contribution >= 0.6 is 11.6 Å². The van der Waals surface area contributed by atoms with E-state index in [0.717, 1.165) is 0 Å². The maximum Gasteiger partial charge on any atom is 0.262 e. The van der Waals surface area contributed by atoms with Crippen LogP contribution in [0.3, 0.4) is 0 Å². The van der Waals surface area contributed by atoms with Crippen molar-refractivity contribution in [3.8, 4) is 5.75 Å². The summed E-state index contributed by atoms with van der Waals surface area (Å²) in [5, 5.41) is 11.9. The third-order valence-electron chi connectivity index (χ3n) is 1.98. The van der Waals surface area contributed by atoms with Crippen LogP contribution in [0.4, 0.5) is 5.69 Å². The van der Waals surface area contributed by atoms with Gasteiger partial charge in [-0.05, 0) is 11.6 Å². The Hall–Kier alpha value is -1.26. The summed E-state index contributed by atoms with van der Waals surface area (Å²) in [6.45, 7) is -0.163. The van der Waals surface area contributed by atoms with Crippen molar-refractivity contribution in [2.75, 3.05) is 11.9 Å². The molecule has 0 fully saturated rings. The molecule has 1 aromatic rings. The molecule has 0 radical (unpaired) electrons. The number of carbonyl (C=O) groups is 1. The molecule has 0 aromatic heterocycles. The second-order valence-corrected chi connectivity index (χ2v) is 3.28. The molecule has 1 aromatic carbocycles. The predicted molar refractivity (Wildman–Crippen MR) is 51.5 cm³/mol. The molecule has 0 bridgehead atoms. The number of benzene rings is 1. The van der Waals surface area contributed by atoms with Crippen molar-refractivity contribution in [2.45, 2.75) is 6.61 Å². The highest BCUT2D eigenvalue weighted by molar-refractivity contribution is 6.35. The van der Waals surface area contributed by atoms with E-state index in [0.29, 0.717) is 22.0 Å². The van der Waals surface area contributed by atoms with Crippen molar-refractivity contribution < 1.29 is 14.6 Å². The minimum atomic E-state index is -0.241. The van der Waals surface area contributed by atoms with Gasteiger partial charge in [0, 0.05) is 0 Å². The van der Waals surface area contributed by atoms with E-state index in [-0.39, 0.29) is 19.1 Å². The lowest BCUT2D eigenvalue weighted by Crippen LogP contribution is -2.25. The van der Waals surface area contributed by atoms with E-state index >= 15 is 0 Å². The maximum absolute atomic E-state index is 11.0. The standard InChI is InChI=1S/C9H8ClNO3/c10-8-5(3-12)1-2-6-9(8)11-7(13)4-14-6/h1-2,12H,3-4H2,(H,11,13). The van der Waals surface area contributed by atoms with Crippen LogP contribution in [0.1, 0.15) is 5.56 Å². The number of amides is 1. The maximum atomic E-state index is 11.0. The molecule has 0 spiro atoms. The number of aliphatic hydroxyl groups is 1. The van der Waals surface area contributed by atoms with E-state index in [2.05, 4.69) is 5.32 Å². The molecule has 0 unspecified atom stereocenters. The zero-order valence-electron chi connectivity index (χ0n) is 7.21. The van der Waals surface area contributed by atoms with E-state index in [1.165, 1.54) is 0 Å². The lowest BCUT2D eigenvalue weighted by Gasteiger charge is -2.19. The molecule has 1 aliphatic heterocycles. The molecule has 1 amide bonds. The zero-order valence-corrected chi connectivity index (χ0v) is 7.97. The molecule has 4 nitrogen and oxygen atoms in total. The van der Waals surface area contributed by atoms with E-state index in [4.69, 9.17) is 21.4 Å². The van der Waals surface area contributed by atoms with Crippen LogP contribution in [0.2, 0.25) is 5.02 Å². The fourth-order valence-corrected chi connectivity index (χ4v) is 1.54. The lowest BCUT2D eigenvalue weighted by molar-refractivity contribution is -0.118. The Labute approximate surface area is 85.4 Å². The number of nitrogens with one attached hydrogen (secondary N) is 1. The first-order chi connectivity index (χ1) is 6.72. The number of hydrogen-bond acceptors (Lipinski definition) is 3. The van der Waals surface area contributed by atoms with Crippen molar-refractivity contribution in [1.29, 1.82) is 0 Å². The van der Waals surface area contributed by atoms with Crippen molar-refractivity contribution in [1.82, 2.24) is 0 Å². The number of rotatable bonds is 1. The van der Waals surface area contributed by atoms with Gasteiger partial charge in [0.2, 0.25) is 0 Å². The van der Waals surface area contributed by atoms with Gasteiger partial charge in [0.05, 0.1) is 11.6 Å². The number of hydrogen-bond donors (Lipinski definition) is 2. The summed E-state index contributed by atoms with van der Waals surface area (Å²) in [7, 11) is 0. The predicted octanol–water partition coefficient (Wildman–Crippen LogP) is 1.16. The summed E-state index contributed by atoms with van der Waals surface area (Å²) in [5.41, 5.74) is 1.01. The van der Waals surface area contributed by atoms with E-state index in [1.54, 1.807) is 12.1 Å². The Kier molecular flexibility index (Phi) is 2.31. The Morgan fingerprint density at radius 2 is 2.36 bits per heavy atom. The van der Waals surface area contributed by atoms with Gasteiger partial charge in [0.1, 0.15) is 11.4 Å². The fourth-order valence-electron chi connectivity index (χ4n) is 1.28. The average molecular weight is 214 g/mol. The van der Waals surface area contributed by atoms with Crippen molar-refractivity contribution in [3.63, 3.8) is 0 Å². The lowest BCUT2D eigenvalue weighted by atomic mass is 10.1. The molecule has 5 heteroatoms. The van der Waals surface area contributed by atoms with Gasteiger partial charge in [-0.25, -0.2) is 0 Å². The smallest absolute Gasteiger partial charge is 0.262 e. The normalized spacial score (nSPS) is 14.3. The molecule has 74 valence electrons. The molecule has 2 rings (SSSR count). The zero-order chi connectivity index (χ0) is 10.1. The molecule has 0 saturated carbocycles. The Morgan fingerprint density at radius 1 is 1.57 bits per heavy atom. The summed E-state index contributed by atoms with van der Waals surface area (Å²) < 4.78 is 5.14. The van der Waals surface area contributed by atoms with Crippen LogP contribution in [0.15, 0.2) is 12.1 Å². The van der Waals surface area contributed by atoms with Gasteiger partial charge in [0.15, 0.2) is 6.61 Å². The summed E-state index contributed by atoms with van der Waals surface area (Å²) in [5.74, 6) is 0.293. The molecule has 2 N–H and O–H groups in total. The number of ether oxygens (including phenoxy) is 1. The number of fused-ring (bicyclic) bond motifs is 1. The minimum Gasteiger partial charge on any atom is -0.482 e. The monoisotopic (exact) mass is 213 g/mol. The summed E-state index contributed by atoms with van der Waals surface area (Å²) >= 11 is 5.94. The first-order valence-electron chi connectivity index (χ1n) is 4.07. The third kappa shape index (κ3) is 1.42. The van der Waals surface area contributed by atoms with Crippen LogP contribution < -0.4 is 10.1 Å². The molecule has 1 aliphatic rings. The second-order valence-electron chi connectivity index (χ2n) is 2.91. The van der Waals surface area contributed by atoms with Crippen LogP contribution in [-0.4, -0.2) is 17.6 Å². The van der Waals surface area contributed by atoms with Gasteiger partial charge in [-0.15, -0.1) is 0 Å². The Bertz CT molecular complexity index is 392. The highest BCUT2D eigenvalue weighted by atomic mass is 35.5. The molecular weight excluding hydrogens is 206 g/mol. The van der Waals surface area contributed by atoms with E-state index < -0.39 is 0 Å². The third-order valence-corrected chi connectivity index (χ3v) is 2.41. The Balaban J connectivity index is 2.50. The summed E-state index contributed by atoms with van der Waals surface area (Å²) in [6.07, 6.45) is 0. The number of halogens is 1. The molecule has 0 atom stereocenters. The number of aliphatic hydroxyl groups excluding tert-OH is 1. The van der Waals surface area contributed by atoms with E-state index in [1.807, 2.05) is 0 Å².